The SMILES string of the molecule is CC#CCOc1ccc([C@@H](C)O)c(F)c1. The molecule has 0 fully saturated rings. The Bertz CT molecular complexity index is 388. The van der Waals surface area contributed by atoms with Crippen LogP contribution < -0.4 is 4.74 Å². The highest BCUT2D eigenvalue weighted by Gasteiger charge is 2.08. The average molecular weight is 208 g/mol. The predicted molar refractivity (Wildman–Crippen MR) is 56.0 cm³/mol. The zero-order valence-electron chi connectivity index (χ0n) is 8.75. The fourth-order valence-electron chi connectivity index (χ4n) is 1.13. The van der Waals surface area contributed by atoms with Gasteiger partial charge in [0.2, 0.25) is 0 Å². The Labute approximate surface area is 88.7 Å². The van der Waals surface area contributed by atoms with Crippen molar-refractivity contribution < 1.29 is 14.2 Å². The largest absolute Gasteiger partial charge is 0.481 e. The molecule has 1 aromatic rings. The third-order valence-electron chi connectivity index (χ3n) is 1.91. The zero-order valence-corrected chi connectivity index (χ0v) is 8.75. The first-order chi connectivity index (χ1) is 7.15. The van der Waals surface area contributed by atoms with Crippen molar-refractivity contribution >= 4 is 0 Å². The van der Waals surface area contributed by atoms with Gasteiger partial charge in [-0.05, 0) is 26.0 Å². The molecule has 1 N–H and O–H groups in total. The Morgan fingerprint density at radius 2 is 2.27 bits per heavy atom. The van der Waals surface area contributed by atoms with Crippen LogP contribution in [0.5, 0.6) is 5.75 Å². The highest BCUT2D eigenvalue weighted by Crippen LogP contribution is 2.21. The van der Waals surface area contributed by atoms with Crippen LogP contribution in [0.2, 0.25) is 0 Å². The van der Waals surface area contributed by atoms with Gasteiger partial charge in [-0.1, -0.05) is 5.92 Å². The number of aliphatic hydroxyl groups excluding tert-OH is 1. The van der Waals surface area contributed by atoms with Crippen molar-refractivity contribution in [3.05, 3.63) is 29.6 Å². The summed E-state index contributed by atoms with van der Waals surface area (Å²) >= 11 is 0. The molecule has 0 amide bonds. The standard InChI is InChI=1S/C12H13FO2/c1-3-4-7-15-10-5-6-11(9(2)14)12(13)8-10/h5-6,8-9,14H,7H2,1-2H3/t9-/m1/s1. The molecule has 0 aliphatic rings. The first kappa shape index (κ1) is 11.5. The van der Waals surface area contributed by atoms with Crippen LogP contribution >= 0.6 is 0 Å². The molecule has 1 atom stereocenters. The van der Waals surface area contributed by atoms with Gasteiger partial charge in [-0.3, -0.25) is 0 Å². The normalized spacial score (nSPS) is 11.5. The summed E-state index contributed by atoms with van der Waals surface area (Å²) in [7, 11) is 0. The zero-order chi connectivity index (χ0) is 11.3. The van der Waals surface area contributed by atoms with E-state index in [0.29, 0.717) is 5.75 Å². The molecule has 0 aliphatic carbocycles. The van der Waals surface area contributed by atoms with Crippen LogP contribution in [0.25, 0.3) is 0 Å². The molecule has 0 saturated heterocycles. The predicted octanol–water partition coefficient (Wildman–Crippen LogP) is 2.28. The molecule has 0 unspecified atom stereocenters. The van der Waals surface area contributed by atoms with Crippen LogP contribution in [0.4, 0.5) is 4.39 Å². The summed E-state index contributed by atoms with van der Waals surface area (Å²) in [4.78, 5) is 0. The van der Waals surface area contributed by atoms with E-state index in [4.69, 9.17) is 4.74 Å². The number of hydrogen-bond donors (Lipinski definition) is 1. The first-order valence-corrected chi connectivity index (χ1v) is 4.65. The van der Waals surface area contributed by atoms with Crippen LogP contribution in [0.15, 0.2) is 18.2 Å². The molecule has 0 heterocycles. The lowest BCUT2D eigenvalue weighted by Crippen LogP contribution is -1.98. The van der Waals surface area contributed by atoms with Crippen molar-refractivity contribution in [2.75, 3.05) is 6.61 Å². The molecule has 0 aliphatic heterocycles. The number of hydrogen-bond acceptors (Lipinski definition) is 2. The van der Waals surface area contributed by atoms with E-state index in [9.17, 15) is 9.50 Å². The molecular weight excluding hydrogens is 195 g/mol. The van der Waals surface area contributed by atoms with Crippen LogP contribution in [0.3, 0.4) is 0 Å². The summed E-state index contributed by atoms with van der Waals surface area (Å²) in [5.41, 5.74) is 0.268. The summed E-state index contributed by atoms with van der Waals surface area (Å²) in [6.07, 6.45) is -0.811. The molecule has 15 heavy (non-hydrogen) atoms. The number of rotatable bonds is 3. The maximum absolute atomic E-state index is 13.3. The molecule has 0 spiro atoms. The van der Waals surface area contributed by atoms with Crippen LogP contribution in [0, 0.1) is 17.7 Å². The maximum atomic E-state index is 13.3. The summed E-state index contributed by atoms with van der Waals surface area (Å²) in [6, 6.07) is 4.37. The van der Waals surface area contributed by atoms with Crippen molar-refractivity contribution in [1.29, 1.82) is 0 Å². The smallest absolute Gasteiger partial charge is 0.149 e. The van der Waals surface area contributed by atoms with E-state index in [0.717, 1.165) is 0 Å². The Morgan fingerprint density at radius 3 is 2.80 bits per heavy atom. The lowest BCUT2D eigenvalue weighted by molar-refractivity contribution is 0.194. The molecule has 80 valence electrons. The van der Waals surface area contributed by atoms with Gasteiger partial charge in [-0.2, -0.15) is 0 Å². The van der Waals surface area contributed by atoms with E-state index >= 15 is 0 Å². The van der Waals surface area contributed by atoms with E-state index in [1.807, 2.05) is 0 Å². The first-order valence-electron chi connectivity index (χ1n) is 4.65. The van der Waals surface area contributed by atoms with Gasteiger partial charge < -0.3 is 9.84 Å². The Balaban J connectivity index is 2.76. The van der Waals surface area contributed by atoms with E-state index in [2.05, 4.69) is 11.8 Å². The fraction of sp³-hybridized carbons (Fsp3) is 0.333. The van der Waals surface area contributed by atoms with Crippen molar-refractivity contribution in [3.8, 4) is 17.6 Å². The van der Waals surface area contributed by atoms with Gasteiger partial charge in [0, 0.05) is 11.6 Å². The summed E-state index contributed by atoms with van der Waals surface area (Å²) < 4.78 is 18.5. The topological polar surface area (TPSA) is 29.5 Å². The third-order valence-corrected chi connectivity index (χ3v) is 1.91. The number of ether oxygens (including phenoxy) is 1. The lowest BCUT2D eigenvalue weighted by Gasteiger charge is -2.08. The highest BCUT2D eigenvalue weighted by atomic mass is 19.1. The monoisotopic (exact) mass is 208 g/mol. The Kier molecular flexibility index (Phi) is 4.14. The van der Waals surface area contributed by atoms with Crippen LogP contribution in [-0.2, 0) is 0 Å². The Hall–Kier alpha value is -1.53. The van der Waals surface area contributed by atoms with Gasteiger partial charge in [-0.15, -0.1) is 5.92 Å². The summed E-state index contributed by atoms with van der Waals surface area (Å²) in [5, 5.41) is 9.21. The van der Waals surface area contributed by atoms with Gasteiger partial charge in [0.05, 0.1) is 6.10 Å². The van der Waals surface area contributed by atoms with Crippen molar-refractivity contribution in [3.63, 3.8) is 0 Å². The molecule has 0 radical (unpaired) electrons. The van der Waals surface area contributed by atoms with Crippen LogP contribution in [0.1, 0.15) is 25.5 Å². The minimum absolute atomic E-state index is 0.240. The Morgan fingerprint density at radius 1 is 1.53 bits per heavy atom. The second-order valence-electron chi connectivity index (χ2n) is 3.07. The number of halogens is 1. The molecule has 1 aromatic carbocycles. The third kappa shape index (κ3) is 3.26. The van der Waals surface area contributed by atoms with Gasteiger partial charge in [-0.25, -0.2) is 4.39 Å². The average Bonchev–Trinajstić information content (AvgIpc) is 2.17. The van der Waals surface area contributed by atoms with Crippen molar-refractivity contribution in [2.45, 2.75) is 20.0 Å². The summed E-state index contributed by atoms with van der Waals surface area (Å²) in [6.45, 7) is 3.46. The molecule has 0 saturated carbocycles. The minimum Gasteiger partial charge on any atom is -0.481 e. The van der Waals surface area contributed by atoms with E-state index in [-0.39, 0.29) is 12.2 Å². The summed E-state index contributed by atoms with van der Waals surface area (Å²) in [5.74, 6) is 5.33. The lowest BCUT2D eigenvalue weighted by atomic mass is 10.1. The van der Waals surface area contributed by atoms with Gasteiger partial charge in [0.15, 0.2) is 0 Å². The van der Waals surface area contributed by atoms with Gasteiger partial charge in [0.1, 0.15) is 18.2 Å². The molecular formula is C12H13FO2. The molecule has 2 nitrogen and oxygen atoms in total. The fourth-order valence-corrected chi connectivity index (χ4v) is 1.13. The molecule has 3 heteroatoms. The van der Waals surface area contributed by atoms with E-state index < -0.39 is 11.9 Å². The van der Waals surface area contributed by atoms with Crippen molar-refractivity contribution in [1.82, 2.24) is 0 Å². The van der Waals surface area contributed by atoms with Crippen LogP contribution in [-0.4, -0.2) is 11.7 Å². The van der Waals surface area contributed by atoms with E-state index in [1.54, 1.807) is 13.0 Å². The van der Waals surface area contributed by atoms with Gasteiger partial charge >= 0.3 is 0 Å². The van der Waals surface area contributed by atoms with E-state index in [1.165, 1.54) is 19.1 Å². The maximum Gasteiger partial charge on any atom is 0.149 e. The quantitative estimate of drug-likeness (QED) is 0.772. The molecule has 0 aromatic heterocycles. The minimum atomic E-state index is -0.811. The number of aliphatic hydroxyl groups is 1. The second kappa shape index (κ2) is 5.38. The number of benzene rings is 1. The molecule has 0 bridgehead atoms. The second-order valence-corrected chi connectivity index (χ2v) is 3.07. The highest BCUT2D eigenvalue weighted by molar-refractivity contribution is 5.30. The van der Waals surface area contributed by atoms with Gasteiger partial charge in [0.25, 0.3) is 0 Å². The van der Waals surface area contributed by atoms with Crippen molar-refractivity contribution in [2.24, 2.45) is 0 Å². The molecule has 1 rings (SSSR count).